The van der Waals surface area contributed by atoms with Gasteiger partial charge in [-0.15, -0.1) is 0 Å². The Bertz CT molecular complexity index is 647. The number of hydrogen-bond donors (Lipinski definition) is 6. The van der Waals surface area contributed by atoms with Crippen molar-refractivity contribution in [1.82, 2.24) is 5.32 Å². The van der Waals surface area contributed by atoms with Crippen LogP contribution in [0.1, 0.15) is 24.8 Å². The Morgan fingerprint density at radius 2 is 1.81 bits per heavy atom. The van der Waals surface area contributed by atoms with Gasteiger partial charge in [-0.25, -0.2) is 9.36 Å². The zero-order valence-corrected chi connectivity index (χ0v) is 15.0. The quantitative estimate of drug-likeness (QED) is 0.219. The van der Waals surface area contributed by atoms with Gasteiger partial charge in [0.2, 0.25) is 5.91 Å². The molecule has 0 aliphatic heterocycles. The molecule has 0 unspecified atom stereocenters. The summed E-state index contributed by atoms with van der Waals surface area (Å²) in [4.78, 5) is 40.7. The number of phosphoric acid groups is 1. The molecular formula is C15H24N3O7P. The molecule has 0 aliphatic rings. The molecule has 0 fully saturated rings. The van der Waals surface area contributed by atoms with E-state index < -0.39 is 31.8 Å². The first kappa shape index (κ1) is 22.1. The maximum Gasteiger partial charge on any atom is 0.524 e. The van der Waals surface area contributed by atoms with Crippen LogP contribution in [-0.4, -0.2) is 45.4 Å². The van der Waals surface area contributed by atoms with Gasteiger partial charge in [0.05, 0.1) is 6.04 Å². The van der Waals surface area contributed by atoms with Crippen molar-refractivity contribution >= 4 is 19.7 Å². The molecule has 0 spiro atoms. The Labute approximate surface area is 150 Å². The third-order valence-corrected chi connectivity index (χ3v) is 3.95. The zero-order valence-electron chi connectivity index (χ0n) is 14.1. The standard InChI is InChI=1S/C15H24N3O7P/c16-8-2-1-3-13(15(20)21)18-14(19)12(17)9-10-4-6-11(7-5-10)25-26(22,23)24/h4-7,12-13H,1-3,8-9,16-17H2,(H,18,19)(H,20,21)(H2,22,23,24)/t12-,13-/m0/s1. The van der Waals surface area contributed by atoms with Crippen LogP contribution in [0.4, 0.5) is 0 Å². The largest absolute Gasteiger partial charge is 0.524 e. The number of carbonyl (C=O) groups is 2. The summed E-state index contributed by atoms with van der Waals surface area (Å²) in [6.07, 6.45) is 1.62. The van der Waals surface area contributed by atoms with E-state index in [9.17, 15) is 14.2 Å². The van der Waals surface area contributed by atoms with Crippen molar-refractivity contribution in [3.8, 4) is 5.75 Å². The highest BCUT2D eigenvalue weighted by molar-refractivity contribution is 7.46. The molecule has 146 valence electrons. The summed E-state index contributed by atoms with van der Waals surface area (Å²) in [7, 11) is -4.64. The molecule has 0 aromatic heterocycles. The minimum Gasteiger partial charge on any atom is -0.480 e. The second kappa shape index (κ2) is 10.2. The third kappa shape index (κ3) is 8.41. The lowest BCUT2D eigenvalue weighted by Crippen LogP contribution is -2.49. The number of rotatable bonds is 11. The molecule has 0 saturated carbocycles. The fourth-order valence-corrected chi connectivity index (χ4v) is 2.60. The van der Waals surface area contributed by atoms with E-state index in [1.807, 2.05) is 0 Å². The van der Waals surface area contributed by atoms with E-state index in [1.54, 1.807) is 0 Å². The molecule has 1 aromatic carbocycles. The number of amides is 1. The number of benzene rings is 1. The lowest BCUT2D eigenvalue weighted by molar-refractivity contribution is -0.142. The third-order valence-electron chi connectivity index (χ3n) is 3.50. The highest BCUT2D eigenvalue weighted by Gasteiger charge is 2.23. The first-order valence-electron chi connectivity index (χ1n) is 7.95. The predicted molar refractivity (Wildman–Crippen MR) is 93.3 cm³/mol. The van der Waals surface area contributed by atoms with E-state index in [0.717, 1.165) is 0 Å². The van der Waals surface area contributed by atoms with Gasteiger partial charge in [-0.2, -0.15) is 0 Å². The normalized spacial score (nSPS) is 13.7. The van der Waals surface area contributed by atoms with Crippen molar-refractivity contribution in [2.75, 3.05) is 6.54 Å². The van der Waals surface area contributed by atoms with E-state index in [4.69, 9.17) is 26.4 Å². The molecule has 26 heavy (non-hydrogen) atoms. The number of phosphoric ester groups is 1. The first-order chi connectivity index (χ1) is 12.1. The smallest absolute Gasteiger partial charge is 0.480 e. The van der Waals surface area contributed by atoms with Crippen LogP contribution in [0.2, 0.25) is 0 Å². The van der Waals surface area contributed by atoms with E-state index in [-0.39, 0.29) is 18.6 Å². The summed E-state index contributed by atoms with van der Waals surface area (Å²) in [5, 5.41) is 11.6. The zero-order chi connectivity index (χ0) is 19.7. The Kier molecular flexibility index (Phi) is 8.70. The van der Waals surface area contributed by atoms with Crippen molar-refractivity contribution in [3.63, 3.8) is 0 Å². The summed E-state index contributed by atoms with van der Waals surface area (Å²) in [6.45, 7) is 0.446. The van der Waals surface area contributed by atoms with Gasteiger partial charge in [-0.05, 0) is 49.9 Å². The number of aliphatic carboxylic acids is 1. The van der Waals surface area contributed by atoms with E-state index in [2.05, 4.69) is 9.84 Å². The van der Waals surface area contributed by atoms with Crippen molar-refractivity contribution in [2.45, 2.75) is 37.8 Å². The second-order valence-corrected chi connectivity index (χ2v) is 6.88. The molecule has 1 rings (SSSR count). The Balaban J connectivity index is 2.59. The van der Waals surface area contributed by atoms with Gasteiger partial charge in [0.1, 0.15) is 11.8 Å². The Morgan fingerprint density at radius 3 is 2.31 bits per heavy atom. The van der Waals surface area contributed by atoms with Crippen LogP contribution in [-0.2, 0) is 20.6 Å². The molecule has 0 bridgehead atoms. The number of hydrogen-bond acceptors (Lipinski definition) is 6. The van der Waals surface area contributed by atoms with Crippen LogP contribution in [0.15, 0.2) is 24.3 Å². The maximum atomic E-state index is 12.1. The summed E-state index contributed by atoms with van der Waals surface area (Å²) < 4.78 is 15.2. The van der Waals surface area contributed by atoms with Gasteiger partial charge in [0, 0.05) is 0 Å². The molecular weight excluding hydrogens is 365 g/mol. The van der Waals surface area contributed by atoms with Crippen LogP contribution >= 0.6 is 7.82 Å². The number of nitrogens with one attached hydrogen (secondary N) is 1. The second-order valence-electron chi connectivity index (χ2n) is 5.72. The SMILES string of the molecule is NCCCC[C@H](NC(=O)[C@@H](N)Cc1ccc(OP(=O)(O)O)cc1)C(=O)O. The molecule has 0 radical (unpaired) electrons. The number of nitrogens with two attached hydrogens (primary N) is 2. The van der Waals surface area contributed by atoms with E-state index in [1.165, 1.54) is 24.3 Å². The average Bonchev–Trinajstić information content (AvgIpc) is 2.54. The highest BCUT2D eigenvalue weighted by atomic mass is 31.2. The van der Waals surface area contributed by atoms with Gasteiger partial charge in [0.25, 0.3) is 0 Å². The van der Waals surface area contributed by atoms with Gasteiger partial charge >= 0.3 is 13.8 Å². The topological polar surface area (TPSA) is 185 Å². The lowest BCUT2D eigenvalue weighted by Gasteiger charge is -2.18. The molecule has 1 aromatic rings. The molecule has 1 amide bonds. The molecule has 11 heteroatoms. The van der Waals surface area contributed by atoms with Gasteiger partial charge in [0.15, 0.2) is 0 Å². The molecule has 10 nitrogen and oxygen atoms in total. The molecule has 0 saturated heterocycles. The number of carbonyl (C=O) groups excluding carboxylic acids is 1. The molecule has 0 heterocycles. The van der Waals surface area contributed by atoms with Gasteiger partial charge in [-0.3, -0.25) is 14.6 Å². The number of carboxylic acids is 1. The number of carboxylic acid groups (broad SMARTS) is 1. The summed E-state index contributed by atoms with van der Waals surface area (Å²) in [6, 6.07) is 3.69. The van der Waals surface area contributed by atoms with Crippen molar-refractivity contribution in [2.24, 2.45) is 11.5 Å². The van der Waals surface area contributed by atoms with Crippen LogP contribution < -0.4 is 21.3 Å². The van der Waals surface area contributed by atoms with Crippen molar-refractivity contribution < 1.29 is 33.6 Å². The number of unbranched alkanes of at least 4 members (excludes halogenated alkanes) is 1. The van der Waals surface area contributed by atoms with Crippen LogP contribution in [0.5, 0.6) is 5.75 Å². The lowest BCUT2D eigenvalue weighted by atomic mass is 10.0. The predicted octanol–water partition coefficient (Wildman–Crippen LogP) is -0.274. The average molecular weight is 389 g/mol. The molecule has 2 atom stereocenters. The van der Waals surface area contributed by atoms with E-state index in [0.29, 0.717) is 24.9 Å². The van der Waals surface area contributed by atoms with Gasteiger partial charge in [-0.1, -0.05) is 12.1 Å². The van der Waals surface area contributed by atoms with Crippen LogP contribution in [0.25, 0.3) is 0 Å². The molecule has 0 aliphatic carbocycles. The minimum atomic E-state index is -4.64. The Hall–Kier alpha value is -1.97. The van der Waals surface area contributed by atoms with Gasteiger partial charge < -0.3 is 26.4 Å². The minimum absolute atomic E-state index is 0.0223. The maximum absolute atomic E-state index is 12.1. The van der Waals surface area contributed by atoms with Crippen molar-refractivity contribution in [3.05, 3.63) is 29.8 Å². The highest BCUT2D eigenvalue weighted by Crippen LogP contribution is 2.37. The molecule has 8 N–H and O–H groups in total. The summed E-state index contributed by atoms with van der Waals surface area (Å²) >= 11 is 0. The monoisotopic (exact) mass is 389 g/mol. The van der Waals surface area contributed by atoms with E-state index >= 15 is 0 Å². The fraction of sp³-hybridized carbons (Fsp3) is 0.467. The summed E-state index contributed by atoms with van der Waals surface area (Å²) in [5.41, 5.74) is 11.8. The first-order valence-corrected chi connectivity index (χ1v) is 9.48. The van der Waals surface area contributed by atoms with Crippen molar-refractivity contribution in [1.29, 1.82) is 0 Å². The Morgan fingerprint density at radius 1 is 1.19 bits per heavy atom. The van der Waals surface area contributed by atoms with Crippen LogP contribution in [0, 0.1) is 0 Å². The summed E-state index contributed by atoms with van der Waals surface area (Å²) in [5.74, 6) is -1.76. The van der Waals surface area contributed by atoms with Crippen LogP contribution in [0.3, 0.4) is 0 Å². The fourth-order valence-electron chi connectivity index (χ4n) is 2.20.